The van der Waals surface area contributed by atoms with Crippen molar-refractivity contribution in [2.75, 3.05) is 17.6 Å². The summed E-state index contributed by atoms with van der Waals surface area (Å²) in [6.45, 7) is 7.74. The maximum Gasteiger partial charge on any atom is 0.134 e. The molecule has 5 nitrogen and oxygen atoms in total. The number of hydrogen-bond acceptors (Lipinski definition) is 5. The van der Waals surface area contributed by atoms with Crippen LogP contribution < -0.4 is 11.1 Å². The topological polar surface area (TPSA) is 84.1 Å². The molecule has 0 spiro atoms. The Labute approximate surface area is 96.1 Å². The average molecular weight is 224 g/mol. The summed E-state index contributed by atoms with van der Waals surface area (Å²) in [5.74, 6) is 1.90. The van der Waals surface area contributed by atoms with Crippen molar-refractivity contribution < 1.29 is 5.11 Å². The third-order valence-electron chi connectivity index (χ3n) is 2.23. The van der Waals surface area contributed by atoms with Gasteiger partial charge in [-0.2, -0.15) is 0 Å². The van der Waals surface area contributed by atoms with Crippen LogP contribution >= 0.6 is 0 Å². The Kier molecular flexibility index (Phi) is 3.70. The molecule has 0 fully saturated rings. The fraction of sp³-hybridized carbons (Fsp3) is 0.636. The lowest BCUT2D eigenvalue weighted by Crippen LogP contribution is -2.30. The van der Waals surface area contributed by atoms with Crippen molar-refractivity contribution in [3.63, 3.8) is 0 Å². The van der Waals surface area contributed by atoms with E-state index in [1.54, 1.807) is 13.8 Å². The van der Waals surface area contributed by atoms with E-state index < -0.39 is 5.60 Å². The van der Waals surface area contributed by atoms with Crippen LogP contribution in [0.25, 0.3) is 0 Å². The molecule has 4 N–H and O–H groups in total. The minimum Gasteiger partial charge on any atom is -0.389 e. The highest BCUT2D eigenvalue weighted by molar-refractivity contribution is 5.54. The number of aromatic nitrogens is 2. The molecule has 0 aromatic carbocycles. The number of aliphatic hydroxyl groups is 1. The minimum absolute atomic E-state index is 0.424. The van der Waals surface area contributed by atoms with Crippen LogP contribution in [-0.4, -0.2) is 27.2 Å². The number of aryl methyl sites for hydroxylation is 1. The molecule has 0 atom stereocenters. The van der Waals surface area contributed by atoms with Gasteiger partial charge in [0.15, 0.2) is 0 Å². The van der Waals surface area contributed by atoms with Crippen LogP contribution in [0.3, 0.4) is 0 Å². The molecule has 5 heteroatoms. The Morgan fingerprint density at radius 1 is 1.38 bits per heavy atom. The summed E-state index contributed by atoms with van der Waals surface area (Å²) in [6, 6.07) is 0. The van der Waals surface area contributed by atoms with E-state index in [1.165, 1.54) is 0 Å². The number of hydrogen-bond donors (Lipinski definition) is 3. The maximum absolute atomic E-state index is 9.63. The molecule has 1 rings (SSSR count). The predicted octanol–water partition coefficient (Wildman–Crippen LogP) is 1.11. The van der Waals surface area contributed by atoms with Crippen LogP contribution in [-0.2, 0) is 6.42 Å². The third-order valence-corrected chi connectivity index (χ3v) is 2.23. The zero-order valence-electron chi connectivity index (χ0n) is 10.3. The fourth-order valence-corrected chi connectivity index (χ4v) is 1.21. The van der Waals surface area contributed by atoms with E-state index in [1.807, 2.05) is 13.8 Å². The Hall–Kier alpha value is -1.36. The highest BCUT2D eigenvalue weighted by Crippen LogP contribution is 2.18. The fourth-order valence-electron chi connectivity index (χ4n) is 1.21. The summed E-state index contributed by atoms with van der Waals surface area (Å²) >= 11 is 0. The van der Waals surface area contributed by atoms with Gasteiger partial charge in [0.25, 0.3) is 0 Å². The third kappa shape index (κ3) is 3.34. The lowest BCUT2D eigenvalue weighted by atomic mass is 10.1. The molecule has 0 aliphatic heterocycles. The van der Waals surface area contributed by atoms with Crippen LogP contribution in [0.5, 0.6) is 0 Å². The number of anilines is 2. The van der Waals surface area contributed by atoms with Gasteiger partial charge in [-0.3, -0.25) is 0 Å². The summed E-state index contributed by atoms with van der Waals surface area (Å²) in [7, 11) is 0. The molecular weight excluding hydrogens is 204 g/mol. The summed E-state index contributed by atoms with van der Waals surface area (Å²) in [5, 5.41) is 12.7. The Morgan fingerprint density at radius 3 is 2.50 bits per heavy atom. The molecule has 1 heterocycles. The number of rotatable bonds is 4. The van der Waals surface area contributed by atoms with Crippen molar-refractivity contribution in [2.45, 2.75) is 39.7 Å². The van der Waals surface area contributed by atoms with Gasteiger partial charge in [-0.15, -0.1) is 0 Å². The van der Waals surface area contributed by atoms with Gasteiger partial charge in [-0.1, -0.05) is 6.92 Å². The van der Waals surface area contributed by atoms with Gasteiger partial charge in [0.05, 0.1) is 5.60 Å². The first-order valence-electron chi connectivity index (χ1n) is 5.42. The second-order valence-electron chi connectivity index (χ2n) is 4.52. The van der Waals surface area contributed by atoms with Crippen LogP contribution in [0.4, 0.5) is 11.6 Å². The van der Waals surface area contributed by atoms with E-state index in [0.29, 0.717) is 24.0 Å². The second-order valence-corrected chi connectivity index (χ2v) is 4.52. The highest BCUT2D eigenvalue weighted by Gasteiger charge is 2.14. The lowest BCUT2D eigenvalue weighted by molar-refractivity contribution is 0.0944. The summed E-state index contributed by atoms with van der Waals surface area (Å²) in [6.07, 6.45) is 0.738. The number of nitrogen functional groups attached to an aromatic ring is 1. The SMILES string of the molecule is CCc1nc(N)c(C)c(NCC(C)(C)O)n1. The quantitative estimate of drug-likeness (QED) is 0.713. The van der Waals surface area contributed by atoms with E-state index in [0.717, 1.165) is 12.0 Å². The minimum atomic E-state index is -0.779. The van der Waals surface area contributed by atoms with Crippen LogP contribution in [0.2, 0.25) is 0 Å². The number of nitrogens with one attached hydrogen (secondary N) is 1. The standard InChI is InChI=1S/C11H20N4O/c1-5-8-14-9(12)7(2)10(15-8)13-6-11(3,4)16/h16H,5-6H2,1-4H3,(H3,12,13,14,15). The van der Waals surface area contributed by atoms with E-state index in [-0.39, 0.29) is 0 Å². The summed E-state index contributed by atoms with van der Waals surface area (Å²) in [4.78, 5) is 8.50. The zero-order valence-corrected chi connectivity index (χ0v) is 10.3. The van der Waals surface area contributed by atoms with Gasteiger partial charge in [0.1, 0.15) is 17.5 Å². The average Bonchev–Trinajstić information content (AvgIpc) is 2.18. The van der Waals surface area contributed by atoms with E-state index >= 15 is 0 Å². The molecule has 0 saturated carbocycles. The predicted molar refractivity (Wildman–Crippen MR) is 65.3 cm³/mol. The Bertz CT molecular complexity index is 371. The monoisotopic (exact) mass is 224 g/mol. The summed E-state index contributed by atoms with van der Waals surface area (Å²) < 4.78 is 0. The van der Waals surface area contributed by atoms with E-state index in [2.05, 4.69) is 15.3 Å². The van der Waals surface area contributed by atoms with E-state index in [9.17, 15) is 5.11 Å². The van der Waals surface area contributed by atoms with Crippen LogP contribution in [0.1, 0.15) is 32.2 Å². The Morgan fingerprint density at radius 2 is 2.00 bits per heavy atom. The largest absolute Gasteiger partial charge is 0.389 e. The van der Waals surface area contributed by atoms with Crippen LogP contribution in [0, 0.1) is 6.92 Å². The Balaban J connectivity index is 2.90. The molecule has 0 unspecified atom stereocenters. The van der Waals surface area contributed by atoms with Gasteiger partial charge in [-0.25, -0.2) is 9.97 Å². The van der Waals surface area contributed by atoms with Crippen molar-refractivity contribution in [1.29, 1.82) is 0 Å². The van der Waals surface area contributed by atoms with Crippen molar-refractivity contribution in [3.8, 4) is 0 Å². The van der Waals surface area contributed by atoms with Gasteiger partial charge >= 0.3 is 0 Å². The van der Waals surface area contributed by atoms with Gasteiger partial charge in [0.2, 0.25) is 0 Å². The number of nitrogens with zero attached hydrogens (tertiary/aromatic N) is 2. The molecule has 0 amide bonds. The van der Waals surface area contributed by atoms with Crippen molar-refractivity contribution in [1.82, 2.24) is 9.97 Å². The van der Waals surface area contributed by atoms with Gasteiger partial charge < -0.3 is 16.2 Å². The van der Waals surface area contributed by atoms with Crippen molar-refractivity contribution in [3.05, 3.63) is 11.4 Å². The molecular formula is C11H20N4O. The molecule has 0 aliphatic carbocycles. The van der Waals surface area contributed by atoms with Gasteiger partial charge in [0, 0.05) is 18.5 Å². The van der Waals surface area contributed by atoms with Gasteiger partial charge in [-0.05, 0) is 20.8 Å². The first-order chi connectivity index (χ1) is 7.33. The van der Waals surface area contributed by atoms with Crippen molar-refractivity contribution >= 4 is 11.6 Å². The first-order valence-corrected chi connectivity index (χ1v) is 5.42. The lowest BCUT2D eigenvalue weighted by Gasteiger charge is -2.19. The maximum atomic E-state index is 9.63. The molecule has 0 saturated heterocycles. The zero-order chi connectivity index (χ0) is 12.3. The number of nitrogens with two attached hydrogens (primary N) is 1. The normalized spacial score (nSPS) is 11.6. The molecule has 0 aliphatic rings. The molecule has 16 heavy (non-hydrogen) atoms. The smallest absolute Gasteiger partial charge is 0.134 e. The first kappa shape index (κ1) is 12.7. The van der Waals surface area contributed by atoms with E-state index in [4.69, 9.17) is 5.73 Å². The molecule has 1 aromatic heterocycles. The molecule has 90 valence electrons. The molecule has 1 aromatic rings. The highest BCUT2D eigenvalue weighted by atomic mass is 16.3. The second kappa shape index (κ2) is 4.65. The van der Waals surface area contributed by atoms with Crippen LogP contribution in [0.15, 0.2) is 0 Å². The van der Waals surface area contributed by atoms with Crippen molar-refractivity contribution in [2.24, 2.45) is 0 Å². The molecule has 0 bridgehead atoms. The molecule has 0 radical (unpaired) electrons. The summed E-state index contributed by atoms with van der Waals surface area (Å²) in [5.41, 5.74) is 5.82.